The Labute approximate surface area is 116 Å². The molecule has 0 atom stereocenters. The molecule has 2 amide bonds. The molecule has 19 heavy (non-hydrogen) atoms. The predicted molar refractivity (Wildman–Crippen MR) is 73.0 cm³/mol. The van der Waals surface area contributed by atoms with E-state index < -0.39 is 0 Å². The van der Waals surface area contributed by atoms with Crippen LogP contribution in [0.4, 0.5) is 0 Å². The summed E-state index contributed by atoms with van der Waals surface area (Å²) in [4.78, 5) is 26.4. The molecule has 1 aromatic heterocycles. The fraction of sp³-hybridized carbons (Fsp3) is 0.538. The SMILES string of the molecule is O=C(NCCO)C1CCN(C(=O)c2cccs2)CC1. The molecule has 5 nitrogen and oxygen atoms in total. The Morgan fingerprint density at radius 1 is 1.42 bits per heavy atom. The molecule has 0 bridgehead atoms. The second-order valence-electron chi connectivity index (χ2n) is 4.56. The van der Waals surface area contributed by atoms with Crippen molar-refractivity contribution in [2.24, 2.45) is 5.92 Å². The number of rotatable bonds is 4. The fourth-order valence-electron chi connectivity index (χ4n) is 2.22. The molecule has 1 aromatic rings. The lowest BCUT2D eigenvalue weighted by Crippen LogP contribution is -2.43. The highest BCUT2D eigenvalue weighted by Crippen LogP contribution is 2.20. The van der Waals surface area contributed by atoms with Gasteiger partial charge in [-0.15, -0.1) is 11.3 Å². The quantitative estimate of drug-likeness (QED) is 0.854. The molecule has 0 radical (unpaired) electrons. The van der Waals surface area contributed by atoms with Gasteiger partial charge in [-0.25, -0.2) is 0 Å². The monoisotopic (exact) mass is 282 g/mol. The molecule has 2 rings (SSSR count). The topological polar surface area (TPSA) is 69.6 Å². The standard InChI is InChI=1S/C13H18N2O3S/c16-8-5-14-12(17)10-3-6-15(7-4-10)13(18)11-2-1-9-19-11/h1-2,9-10,16H,3-8H2,(H,14,17). The summed E-state index contributed by atoms with van der Waals surface area (Å²) >= 11 is 1.44. The van der Waals surface area contributed by atoms with Crippen molar-refractivity contribution in [3.05, 3.63) is 22.4 Å². The molecule has 2 N–H and O–H groups in total. The fourth-order valence-corrected chi connectivity index (χ4v) is 2.92. The molecule has 6 heteroatoms. The van der Waals surface area contributed by atoms with E-state index in [0.717, 1.165) is 4.88 Å². The minimum absolute atomic E-state index is 0.0164. The molecule has 0 aliphatic carbocycles. The second kappa shape index (κ2) is 6.68. The maximum absolute atomic E-state index is 12.1. The van der Waals surface area contributed by atoms with Crippen LogP contribution in [0.15, 0.2) is 17.5 Å². The van der Waals surface area contributed by atoms with Crippen LogP contribution in [-0.2, 0) is 4.79 Å². The largest absolute Gasteiger partial charge is 0.395 e. The number of aliphatic hydroxyl groups excluding tert-OH is 1. The van der Waals surface area contributed by atoms with E-state index in [0.29, 0.717) is 32.5 Å². The van der Waals surface area contributed by atoms with Crippen LogP contribution in [0.3, 0.4) is 0 Å². The summed E-state index contributed by atoms with van der Waals surface area (Å²) in [6.07, 6.45) is 1.38. The van der Waals surface area contributed by atoms with Crippen LogP contribution in [0.2, 0.25) is 0 Å². The normalized spacial score (nSPS) is 16.4. The number of aliphatic hydroxyl groups is 1. The van der Waals surface area contributed by atoms with E-state index >= 15 is 0 Å². The van der Waals surface area contributed by atoms with Crippen molar-refractivity contribution in [2.45, 2.75) is 12.8 Å². The molecular formula is C13H18N2O3S. The summed E-state index contributed by atoms with van der Waals surface area (Å²) in [5.74, 6) is 0.000393. The van der Waals surface area contributed by atoms with Crippen molar-refractivity contribution in [1.29, 1.82) is 0 Å². The highest BCUT2D eigenvalue weighted by atomic mass is 32.1. The van der Waals surface area contributed by atoms with Gasteiger partial charge in [0.2, 0.25) is 5.91 Å². The number of likely N-dealkylation sites (tertiary alicyclic amines) is 1. The number of carbonyl (C=O) groups is 2. The summed E-state index contributed by atoms with van der Waals surface area (Å²) in [5, 5.41) is 13.2. The van der Waals surface area contributed by atoms with E-state index in [4.69, 9.17) is 5.11 Å². The Balaban J connectivity index is 1.82. The minimum atomic E-state index is -0.0427. The van der Waals surface area contributed by atoms with Crippen LogP contribution in [0.5, 0.6) is 0 Å². The summed E-state index contributed by atoms with van der Waals surface area (Å²) in [5.41, 5.74) is 0. The molecule has 1 aliphatic heterocycles. The zero-order valence-corrected chi connectivity index (χ0v) is 11.5. The smallest absolute Gasteiger partial charge is 0.263 e. The van der Waals surface area contributed by atoms with Crippen molar-refractivity contribution in [3.8, 4) is 0 Å². The van der Waals surface area contributed by atoms with Gasteiger partial charge in [0.1, 0.15) is 0 Å². The van der Waals surface area contributed by atoms with Gasteiger partial charge in [-0.1, -0.05) is 6.07 Å². The molecule has 104 valence electrons. The first-order chi connectivity index (χ1) is 9.22. The molecule has 0 saturated carbocycles. The van der Waals surface area contributed by atoms with Crippen LogP contribution < -0.4 is 5.32 Å². The predicted octanol–water partition coefficient (Wildman–Crippen LogP) is 0.709. The van der Waals surface area contributed by atoms with Crippen molar-refractivity contribution >= 4 is 23.2 Å². The van der Waals surface area contributed by atoms with Gasteiger partial charge in [-0.2, -0.15) is 0 Å². The van der Waals surface area contributed by atoms with Gasteiger partial charge in [0.05, 0.1) is 11.5 Å². The second-order valence-corrected chi connectivity index (χ2v) is 5.51. The number of carbonyl (C=O) groups excluding carboxylic acids is 2. The summed E-state index contributed by atoms with van der Waals surface area (Å²) < 4.78 is 0. The van der Waals surface area contributed by atoms with E-state index in [2.05, 4.69) is 5.32 Å². The summed E-state index contributed by atoms with van der Waals surface area (Å²) in [6.45, 7) is 1.50. The van der Waals surface area contributed by atoms with Crippen LogP contribution in [0, 0.1) is 5.92 Å². The molecule has 1 aliphatic rings. The lowest BCUT2D eigenvalue weighted by atomic mass is 9.96. The number of nitrogens with one attached hydrogen (secondary N) is 1. The van der Waals surface area contributed by atoms with Crippen LogP contribution in [-0.4, -0.2) is 48.1 Å². The number of hydrogen-bond acceptors (Lipinski definition) is 4. The molecular weight excluding hydrogens is 264 g/mol. The van der Waals surface area contributed by atoms with Crippen molar-refractivity contribution in [2.75, 3.05) is 26.2 Å². The van der Waals surface area contributed by atoms with Gasteiger partial charge in [-0.3, -0.25) is 9.59 Å². The van der Waals surface area contributed by atoms with E-state index in [1.807, 2.05) is 22.4 Å². The number of thiophene rings is 1. The van der Waals surface area contributed by atoms with Crippen molar-refractivity contribution in [3.63, 3.8) is 0 Å². The average Bonchev–Trinajstić information content (AvgIpc) is 2.98. The van der Waals surface area contributed by atoms with Gasteiger partial charge >= 0.3 is 0 Å². The van der Waals surface area contributed by atoms with Crippen LogP contribution in [0.25, 0.3) is 0 Å². The first kappa shape index (κ1) is 14.0. The van der Waals surface area contributed by atoms with Gasteiger partial charge in [-0.05, 0) is 24.3 Å². The third-order valence-corrected chi connectivity index (χ3v) is 4.15. The van der Waals surface area contributed by atoms with Gasteiger partial charge in [0.25, 0.3) is 5.91 Å². The maximum Gasteiger partial charge on any atom is 0.263 e. The van der Waals surface area contributed by atoms with Gasteiger partial charge in [0.15, 0.2) is 0 Å². The van der Waals surface area contributed by atoms with Crippen molar-refractivity contribution in [1.82, 2.24) is 10.2 Å². The minimum Gasteiger partial charge on any atom is -0.395 e. The molecule has 1 saturated heterocycles. The number of hydrogen-bond donors (Lipinski definition) is 2. The average molecular weight is 282 g/mol. The maximum atomic E-state index is 12.1. The van der Waals surface area contributed by atoms with Crippen LogP contribution >= 0.6 is 11.3 Å². The Bertz CT molecular complexity index is 425. The lowest BCUT2D eigenvalue weighted by molar-refractivity contribution is -0.126. The highest BCUT2D eigenvalue weighted by Gasteiger charge is 2.27. The van der Waals surface area contributed by atoms with E-state index in [9.17, 15) is 9.59 Å². The zero-order valence-electron chi connectivity index (χ0n) is 10.7. The lowest BCUT2D eigenvalue weighted by Gasteiger charge is -2.31. The molecule has 0 spiro atoms. The first-order valence-electron chi connectivity index (χ1n) is 6.43. The van der Waals surface area contributed by atoms with Gasteiger partial charge < -0.3 is 15.3 Å². The molecule has 2 heterocycles. The first-order valence-corrected chi connectivity index (χ1v) is 7.31. The van der Waals surface area contributed by atoms with Crippen molar-refractivity contribution < 1.29 is 14.7 Å². The Morgan fingerprint density at radius 3 is 2.74 bits per heavy atom. The number of amides is 2. The van der Waals surface area contributed by atoms with E-state index in [1.54, 1.807) is 0 Å². The Hall–Kier alpha value is -1.40. The van der Waals surface area contributed by atoms with Gasteiger partial charge in [0, 0.05) is 25.6 Å². The van der Waals surface area contributed by atoms with E-state index in [1.165, 1.54) is 11.3 Å². The number of piperidine rings is 1. The third kappa shape index (κ3) is 3.54. The molecule has 0 aromatic carbocycles. The highest BCUT2D eigenvalue weighted by molar-refractivity contribution is 7.12. The third-order valence-electron chi connectivity index (χ3n) is 3.30. The zero-order chi connectivity index (χ0) is 13.7. The summed E-state index contributed by atoms with van der Waals surface area (Å²) in [7, 11) is 0. The van der Waals surface area contributed by atoms with E-state index in [-0.39, 0.29) is 24.3 Å². The Kier molecular flexibility index (Phi) is 4.93. The molecule has 1 fully saturated rings. The Morgan fingerprint density at radius 2 is 2.16 bits per heavy atom. The van der Waals surface area contributed by atoms with Crippen LogP contribution in [0.1, 0.15) is 22.5 Å². The summed E-state index contributed by atoms with van der Waals surface area (Å²) in [6, 6.07) is 3.69. The molecule has 0 unspecified atom stereocenters. The number of nitrogens with zero attached hydrogens (tertiary/aromatic N) is 1.